The first-order valence-corrected chi connectivity index (χ1v) is 12.8. The van der Waals surface area contributed by atoms with E-state index in [1.54, 1.807) is 13.0 Å². The number of benzene rings is 2. The van der Waals surface area contributed by atoms with E-state index < -0.39 is 30.0 Å². The number of ether oxygens (including phenoxy) is 1. The summed E-state index contributed by atoms with van der Waals surface area (Å²) in [6.07, 6.45) is -5.66. The quantitative estimate of drug-likeness (QED) is 0.532. The van der Waals surface area contributed by atoms with E-state index in [4.69, 9.17) is 4.74 Å². The molecular formula is C28H33F3N4O4. The van der Waals surface area contributed by atoms with Gasteiger partial charge >= 0.3 is 12.3 Å². The predicted octanol–water partition coefficient (Wildman–Crippen LogP) is 3.53. The summed E-state index contributed by atoms with van der Waals surface area (Å²) in [7, 11) is 3.70. The maximum atomic E-state index is 13.8. The molecule has 210 valence electrons. The number of carbonyl (C=O) groups is 3. The zero-order chi connectivity index (χ0) is 28.3. The Morgan fingerprint density at radius 2 is 1.79 bits per heavy atom. The molecule has 2 atom stereocenters. The number of hydrogen-bond acceptors (Lipinski definition) is 5. The molecule has 3 amide bonds. The molecule has 0 unspecified atom stereocenters. The first-order chi connectivity index (χ1) is 18.4. The van der Waals surface area contributed by atoms with Crippen LogP contribution >= 0.6 is 0 Å². The van der Waals surface area contributed by atoms with Crippen molar-refractivity contribution in [3.05, 3.63) is 70.8 Å². The van der Waals surface area contributed by atoms with Crippen LogP contribution in [0.15, 0.2) is 48.5 Å². The number of alkyl halides is 3. The summed E-state index contributed by atoms with van der Waals surface area (Å²) in [5.74, 6) is -0.623. The van der Waals surface area contributed by atoms with Gasteiger partial charge in [0.2, 0.25) is 11.8 Å². The third-order valence-electron chi connectivity index (χ3n) is 6.96. The molecular weight excluding hydrogens is 513 g/mol. The van der Waals surface area contributed by atoms with E-state index in [2.05, 4.69) is 0 Å². The predicted molar refractivity (Wildman–Crippen MR) is 137 cm³/mol. The summed E-state index contributed by atoms with van der Waals surface area (Å²) < 4.78 is 45.9. The van der Waals surface area contributed by atoms with Gasteiger partial charge < -0.3 is 19.4 Å². The Morgan fingerprint density at radius 1 is 1.08 bits per heavy atom. The maximum absolute atomic E-state index is 13.8. The van der Waals surface area contributed by atoms with E-state index in [0.29, 0.717) is 17.7 Å². The minimum absolute atomic E-state index is 0.0338. The van der Waals surface area contributed by atoms with Gasteiger partial charge in [0, 0.05) is 32.5 Å². The van der Waals surface area contributed by atoms with Crippen LogP contribution < -0.4 is 0 Å². The van der Waals surface area contributed by atoms with Gasteiger partial charge in [0.15, 0.2) is 0 Å². The van der Waals surface area contributed by atoms with Crippen LogP contribution in [-0.4, -0.2) is 90.1 Å². The second kappa shape index (κ2) is 11.6. The Balaban J connectivity index is 1.66. The van der Waals surface area contributed by atoms with Crippen LogP contribution in [0.2, 0.25) is 0 Å². The van der Waals surface area contributed by atoms with Crippen LogP contribution in [0.5, 0.6) is 0 Å². The van der Waals surface area contributed by atoms with Gasteiger partial charge in [0.05, 0.1) is 12.1 Å². The van der Waals surface area contributed by atoms with Crippen molar-refractivity contribution in [2.45, 2.75) is 44.7 Å². The molecule has 0 bridgehead atoms. The molecule has 0 radical (unpaired) electrons. The zero-order valence-corrected chi connectivity index (χ0v) is 22.3. The Kier molecular flexibility index (Phi) is 8.48. The van der Waals surface area contributed by atoms with Crippen molar-refractivity contribution in [2.24, 2.45) is 0 Å². The lowest BCUT2D eigenvalue weighted by Crippen LogP contribution is -2.71. The summed E-state index contributed by atoms with van der Waals surface area (Å²) in [5.41, 5.74) is 0.781. The lowest BCUT2D eigenvalue weighted by molar-refractivity contribution is -0.168. The lowest BCUT2D eigenvalue weighted by atomic mass is 9.97. The molecule has 2 aromatic carbocycles. The molecule has 4 rings (SSSR count). The summed E-state index contributed by atoms with van der Waals surface area (Å²) in [6, 6.07) is 12.0. The standard InChI is InChI=1S/C28H33F3N4O4/c1-19-13-21(15-22(14-19)28(29,30)31)17-33-18-24-34(27(38)39-12-11-32(2)3)10-9-25(36)35(24)23(26(33)37)16-20-7-5-4-6-8-20/h4-8,13-15,23-24H,9-12,16-18H2,1-3H3/t23-,24+/m0/s1. The van der Waals surface area contributed by atoms with E-state index >= 15 is 0 Å². The summed E-state index contributed by atoms with van der Waals surface area (Å²) >= 11 is 0. The molecule has 2 aromatic rings. The third-order valence-corrected chi connectivity index (χ3v) is 6.96. The number of nitrogens with zero attached hydrogens (tertiary/aromatic N) is 4. The highest BCUT2D eigenvalue weighted by atomic mass is 19.4. The minimum atomic E-state index is -4.53. The number of aryl methyl sites for hydroxylation is 1. The average molecular weight is 547 g/mol. The second-order valence-electron chi connectivity index (χ2n) is 10.3. The SMILES string of the molecule is Cc1cc(CN2C[C@@H]3N(C(=O)OCCN(C)C)CCC(=O)N3[C@@H](Cc3ccccc3)C2=O)cc(C(F)(F)F)c1. The monoisotopic (exact) mass is 546 g/mol. The number of amides is 3. The van der Waals surface area contributed by atoms with Gasteiger partial charge in [-0.2, -0.15) is 13.2 Å². The van der Waals surface area contributed by atoms with Gasteiger partial charge in [-0.15, -0.1) is 0 Å². The number of fused-ring (bicyclic) bond motifs is 1. The smallest absolute Gasteiger partial charge is 0.416 e. The van der Waals surface area contributed by atoms with Crippen molar-refractivity contribution in [1.29, 1.82) is 0 Å². The topological polar surface area (TPSA) is 73.4 Å². The van der Waals surface area contributed by atoms with Crippen LogP contribution in [0, 0.1) is 6.92 Å². The first kappa shape index (κ1) is 28.4. The second-order valence-corrected chi connectivity index (χ2v) is 10.3. The molecule has 0 aliphatic carbocycles. The summed E-state index contributed by atoms with van der Waals surface area (Å²) in [4.78, 5) is 46.2. The average Bonchev–Trinajstić information content (AvgIpc) is 2.86. The van der Waals surface area contributed by atoms with Crippen LogP contribution in [0.1, 0.15) is 28.7 Å². The fraction of sp³-hybridized carbons (Fsp3) is 0.464. The Labute approximate surface area is 225 Å². The molecule has 0 N–H and O–H groups in total. The van der Waals surface area contributed by atoms with E-state index in [1.807, 2.05) is 49.3 Å². The van der Waals surface area contributed by atoms with Crippen LogP contribution in [-0.2, 0) is 33.5 Å². The molecule has 2 aliphatic rings. The van der Waals surface area contributed by atoms with Crippen molar-refractivity contribution >= 4 is 17.9 Å². The highest BCUT2D eigenvalue weighted by molar-refractivity contribution is 5.91. The number of halogens is 3. The highest BCUT2D eigenvalue weighted by Crippen LogP contribution is 2.32. The number of carbonyl (C=O) groups excluding carboxylic acids is 3. The summed E-state index contributed by atoms with van der Waals surface area (Å²) in [5, 5.41) is 0. The zero-order valence-electron chi connectivity index (χ0n) is 22.3. The molecule has 8 nitrogen and oxygen atoms in total. The summed E-state index contributed by atoms with van der Waals surface area (Å²) in [6.45, 7) is 2.25. The van der Waals surface area contributed by atoms with Gasteiger partial charge in [-0.05, 0) is 44.3 Å². The molecule has 2 heterocycles. The number of likely N-dealkylation sites (N-methyl/N-ethyl adjacent to an activating group) is 1. The molecule has 2 aliphatic heterocycles. The lowest BCUT2D eigenvalue weighted by Gasteiger charge is -2.52. The van der Waals surface area contributed by atoms with Gasteiger partial charge in [0.25, 0.3) is 0 Å². The van der Waals surface area contributed by atoms with Gasteiger partial charge in [0.1, 0.15) is 18.8 Å². The molecule has 11 heteroatoms. The van der Waals surface area contributed by atoms with Crippen LogP contribution in [0.3, 0.4) is 0 Å². The molecule has 0 aromatic heterocycles. The van der Waals surface area contributed by atoms with Crippen LogP contribution in [0.4, 0.5) is 18.0 Å². The molecule has 2 fully saturated rings. The Morgan fingerprint density at radius 3 is 2.46 bits per heavy atom. The minimum Gasteiger partial charge on any atom is -0.448 e. The van der Waals surface area contributed by atoms with Crippen molar-refractivity contribution in [1.82, 2.24) is 19.6 Å². The van der Waals surface area contributed by atoms with Crippen molar-refractivity contribution in [3.63, 3.8) is 0 Å². The Hall–Kier alpha value is -3.60. The Bertz CT molecular complexity index is 1210. The fourth-order valence-electron chi connectivity index (χ4n) is 5.11. The number of rotatable bonds is 7. The van der Waals surface area contributed by atoms with Gasteiger partial charge in [-0.3, -0.25) is 14.5 Å². The molecule has 2 saturated heterocycles. The fourth-order valence-corrected chi connectivity index (χ4v) is 5.11. The first-order valence-electron chi connectivity index (χ1n) is 12.8. The van der Waals surface area contributed by atoms with Gasteiger partial charge in [-0.25, -0.2) is 4.79 Å². The van der Waals surface area contributed by atoms with Crippen molar-refractivity contribution in [2.75, 3.05) is 40.3 Å². The van der Waals surface area contributed by atoms with Crippen molar-refractivity contribution < 1.29 is 32.3 Å². The van der Waals surface area contributed by atoms with Gasteiger partial charge in [-0.1, -0.05) is 42.0 Å². The van der Waals surface area contributed by atoms with E-state index in [0.717, 1.165) is 17.7 Å². The third kappa shape index (κ3) is 6.70. The number of piperazine rings is 1. The van der Waals surface area contributed by atoms with Crippen LogP contribution in [0.25, 0.3) is 0 Å². The molecule has 0 saturated carbocycles. The van der Waals surface area contributed by atoms with E-state index in [-0.39, 0.29) is 50.9 Å². The highest BCUT2D eigenvalue weighted by Gasteiger charge is 2.49. The van der Waals surface area contributed by atoms with E-state index in [1.165, 1.54) is 14.7 Å². The van der Waals surface area contributed by atoms with E-state index in [9.17, 15) is 27.6 Å². The van der Waals surface area contributed by atoms with Crippen molar-refractivity contribution in [3.8, 4) is 0 Å². The largest absolute Gasteiger partial charge is 0.448 e. The molecule has 0 spiro atoms. The normalized spacial score (nSPS) is 19.9. The number of hydrogen-bond donors (Lipinski definition) is 0. The maximum Gasteiger partial charge on any atom is 0.416 e. The molecule has 39 heavy (non-hydrogen) atoms.